The summed E-state index contributed by atoms with van der Waals surface area (Å²) in [4.78, 5) is 11.6. The number of aryl methyl sites for hydroxylation is 1. The van der Waals surface area contributed by atoms with Crippen molar-refractivity contribution in [1.29, 1.82) is 0 Å². The summed E-state index contributed by atoms with van der Waals surface area (Å²) in [5, 5.41) is 3.22. The van der Waals surface area contributed by atoms with Crippen LogP contribution in [0.4, 0.5) is 0 Å². The lowest BCUT2D eigenvalue weighted by Gasteiger charge is -2.16. The molecule has 0 aliphatic carbocycles. The van der Waals surface area contributed by atoms with Gasteiger partial charge < -0.3 is 5.73 Å². The first kappa shape index (κ1) is 13.3. The van der Waals surface area contributed by atoms with Crippen LogP contribution in [0.15, 0.2) is 54.6 Å². The Morgan fingerprint density at radius 2 is 1.74 bits per heavy atom. The Bertz CT molecular complexity index is 552. The van der Waals surface area contributed by atoms with E-state index in [1.54, 1.807) is 0 Å². The summed E-state index contributed by atoms with van der Waals surface area (Å²) in [6.07, 6.45) is 0. The average Bonchev–Trinajstić information content (AvgIpc) is 2.42. The second kappa shape index (κ2) is 6.16. The van der Waals surface area contributed by atoms with Crippen LogP contribution in [0, 0.1) is 6.92 Å². The van der Waals surface area contributed by atoms with Crippen molar-refractivity contribution < 1.29 is 4.79 Å². The van der Waals surface area contributed by atoms with Gasteiger partial charge in [0.15, 0.2) is 0 Å². The second-order valence-electron chi connectivity index (χ2n) is 4.55. The molecule has 0 heterocycles. The third kappa shape index (κ3) is 3.42. The molecule has 3 nitrogen and oxygen atoms in total. The number of carbonyl (C=O) groups is 1. The molecule has 0 radical (unpaired) electrons. The zero-order chi connectivity index (χ0) is 13.7. The number of benzene rings is 2. The minimum atomic E-state index is -0.458. The second-order valence-corrected chi connectivity index (χ2v) is 4.55. The number of carbonyl (C=O) groups excluding carboxylic acids is 1. The lowest BCUT2D eigenvalue weighted by atomic mass is 10.0. The van der Waals surface area contributed by atoms with Gasteiger partial charge in [0.2, 0.25) is 5.91 Å². The Hall–Kier alpha value is -2.13. The molecule has 0 spiro atoms. The largest absolute Gasteiger partial charge is 0.368 e. The molecule has 1 unspecified atom stereocenters. The molecule has 1 amide bonds. The highest BCUT2D eigenvalue weighted by molar-refractivity contribution is 5.81. The van der Waals surface area contributed by atoms with E-state index >= 15 is 0 Å². The highest BCUT2D eigenvalue weighted by Crippen LogP contribution is 2.14. The third-order valence-corrected chi connectivity index (χ3v) is 3.18. The normalized spacial score (nSPS) is 12.1. The molecule has 0 fully saturated rings. The molecule has 98 valence electrons. The van der Waals surface area contributed by atoms with Gasteiger partial charge in [-0.05, 0) is 23.6 Å². The number of nitrogens with two attached hydrogens (primary N) is 1. The summed E-state index contributed by atoms with van der Waals surface area (Å²) in [5.41, 5.74) is 8.73. The number of rotatable bonds is 5. The van der Waals surface area contributed by atoms with E-state index in [2.05, 4.69) is 18.3 Å². The fraction of sp³-hybridized carbons (Fsp3) is 0.188. The van der Waals surface area contributed by atoms with Crippen molar-refractivity contribution in [3.8, 4) is 0 Å². The van der Waals surface area contributed by atoms with Gasteiger partial charge in [-0.1, -0.05) is 54.6 Å². The summed E-state index contributed by atoms with van der Waals surface area (Å²) < 4.78 is 0. The predicted octanol–water partition coefficient (Wildman–Crippen LogP) is 2.31. The molecule has 0 aliphatic rings. The highest BCUT2D eigenvalue weighted by Gasteiger charge is 2.16. The maximum absolute atomic E-state index is 11.6. The van der Waals surface area contributed by atoms with Gasteiger partial charge in [0.05, 0.1) is 0 Å². The molecule has 2 rings (SSSR count). The van der Waals surface area contributed by atoms with Crippen LogP contribution >= 0.6 is 0 Å². The number of amides is 1. The standard InChI is InChI=1S/C16H18N2O/c1-12-7-5-6-10-14(12)11-18-15(16(17)19)13-8-3-2-4-9-13/h2-10,15,18H,11H2,1H3,(H2,17,19). The van der Waals surface area contributed by atoms with Gasteiger partial charge >= 0.3 is 0 Å². The van der Waals surface area contributed by atoms with Crippen molar-refractivity contribution >= 4 is 5.91 Å². The van der Waals surface area contributed by atoms with Crippen LogP contribution in [-0.4, -0.2) is 5.91 Å². The Morgan fingerprint density at radius 1 is 1.11 bits per heavy atom. The van der Waals surface area contributed by atoms with E-state index in [9.17, 15) is 4.79 Å². The van der Waals surface area contributed by atoms with Crippen molar-refractivity contribution in [2.45, 2.75) is 19.5 Å². The molecule has 3 heteroatoms. The average molecular weight is 254 g/mol. The lowest BCUT2D eigenvalue weighted by Crippen LogP contribution is -2.33. The molecule has 19 heavy (non-hydrogen) atoms. The number of hydrogen-bond acceptors (Lipinski definition) is 2. The van der Waals surface area contributed by atoms with E-state index in [4.69, 9.17) is 5.73 Å². The summed E-state index contributed by atoms with van der Waals surface area (Å²) in [7, 11) is 0. The molecule has 2 aromatic carbocycles. The van der Waals surface area contributed by atoms with Crippen LogP contribution < -0.4 is 11.1 Å². The highest BCUT2D eigenvalue weighted by atomic mass is 16.1. The SMILES string of the molecule is Cc1ccccc1CNC(C(N)=O)c1ccccc1. The lowest BCUT2D eigenvalue weighted by molar-refractivity contribution is -0.120. The summed E-state index contributed by atoms with van der Waals surface area (Å²) in [6, 6.07) is 17.2. The van der Waals surface area contributed by atoms with Crippen LogP contribution in [0.2, 0.25) is 0 Å². The Labute approximate surface area is 113 Å². The minimum absolute atomic E-state index is 0.361. The van der Waals surface area contributed by atoms with Crippen LogP contribution in [0.25, 0.3) is 0 Å². The monoisotopic (exact) mass is 254 g/mol. The van der Waals surface area contributed by atoms with Crippen molar-refractivity contribution in [3.63, 3.8) is 0 Å². The van der Waals surface area contributed by atoms with Crippen molar-refractivity contribution in [2.24, 2.45) is 5.73 Å². The molecule has 3 N–H and O–H groups in total. The van der Waals surface area contributed by atoms with Gasteiger partial charge in [-0.25, -0.2) is 0 Å². The van der Waals surface area contributed by atoms with E-state index in [0.717, 1.165) is 5.56 Å². The van der Waals surface area contributed by atoms with E-state index in [1.807, 2.05) is 48.5 Å². The zero-order valence-corrected chi connectivity index (χ0v) is 11.0. The first-order chi connectivity index (χ1) is 9.18. The number of nitrogens with one attached hydrogen (secondary N) is 1. The van der Waals surface area contributed by atoms with E-state index in [-0.39, 0.29) is 5.91 Å². The molecular formula is C16H18N2O. The molecule has 0 saturated heterocycles. The van der Waals surface area contributed by atoms with Crippen LogP contribution in [0.3, 0.4) is 0 Å². The van der Waals surface area contributed by atoms with Gasteiger partial charge in [0, 0.05) is 6.54 Å². The first-order valence-corrected chi connectivity index (χ1v) is 6.30. The molecule has 0 aromatic heterocycles. The van der Waals surface area contributed by atoms with Gasteiger partial charge in [-0.3, -0.25) is 10.1 Å². The molecule has 0 bridgehead atoms. The van der Waals surface area contributed by atoms with Gasteiger partial charge in [0.1, 0.15) is 6.04 Å². The first-order valence-electron chi connectivity index (χ1n) is 6.30. The van der Waals surface area contributed by atoms with Crippen molar-refractivity contribution in [1.82, 2.24) is 5.32 Å². The summed E-state index contributed by atoms with van der Waals surface area (Å²) in [5.74, 6) is -0.361. The van der Waals surface area contributed by atoms with Crippen molar-refractivity contribution in [2.75, 3.05) is 0 Å². The fourth-order valence-electron chi connectivity index (χ4n) is 2.05. The minimum Gasteiger partial charge on any atom is -0.368 e. The van der Waals surface area contributed by atoms with E-state index < -0.39 is 6.04 Å². The summed E-state index contributed by atoms with van der Waals surface area (Å²) in [6.45, 7) is 2.67. The molecular weight excluding hydrogens is 236 g/mol. The number of hydrogen-bond donors (Lipinski definition) is 2. The molecule has 0 aliphatic heterocycles. The number of primary amides is 1. The topological polar surface area (TPSA) is 55.1 Å². The third-order valence-electron chi connectivity index (χ3n) is 3.18. The van der Waals surface area contributed by atoms with Gasteiger partial charge in [-0.15, -0.1) is 0 Å². The maximum Gasteiger partial charge on any atom is 0.239 e. The summed E-state index contributed by atoms with van der Waals surface area (Å²) >= 11 is 0. The van der Waals surface area contributed by atoms with E-state index in [0.29, 0.717) is 6.54 Å². The quantitative estimate of drug-likeness (QED) is 0.860. The molecule has 2 aromatic rings. The van der Waals surface area contributed by atoms with Crippen molar-refractivity contribution in [3.05, 3.63) is 71.3 Å². The molecule has 0 saturated carbocycles. The van der Waals surface area contributed by atoms with Crippen LogP contribution in [0.5, 0.6) is 0 Å². The Kier molecular flexibility index (Phi) is 4.31. The van der Waals surface area contributed by atoms with Crippen LogP contribution in [0.1, 0.15) is 22.7 Å². The van der Waals surface area contributed by atoms with E-state index in [1.165, 1.54) is 11.1 Å². The maximum atomic E-state index is 11.6. The van der Waals surface area contributed by atoms with Gasteiger partial charge in [-0.2, -0.15) is 0 Å². The predicted molar refractivity (Wildman–Crippen MR) is 76.4 cm³/mol. The van der Waals surface area contributed by atoms with Gasteiger partial charge in [0.25, 0.3) is 0 Å². The fourth-order valence-corrected chi connectivity index (χ4v) is 2.05. The zero-order valence-electron chi connectivity index (χ0n) is 11.0. The smallest absolute Gasteiger partial charge is 0.239 e. The Morgan fingerprint density at radius 3 is 2.37 bits per heavy atom. The van der Waals surface area contributed by atoms with Crippen LogP contribution in [-0.2, 0) is 11.3 Å². The molecule has 1 atom stereocenters. The Balaban J connectivity index is 2.11.